The van der Waals surface area contributed by atoms with Gasteiger partial charge < -0.3 is 15.4 Å². The second-order valence-electron chi connectivity index (χ2n) is 5.02. The summed E-state index contributed by atoms with van der Waals surface area (Å²) in [5, 5.41) is 5.97. The van der Waals surface area contributed by atoms with Gasteiger partial charge in [0.05, 0.1) is 12.5 Å². The summed E-state index contributed by atoms with van der Waals surface area (Å²) in [6, 6.07) is 5.88. The lowest BCUT2D eigenvalue weighted by atomic mass is 9.92. The van der Waals surface area contributed by atoms with Crippen molar-refractivity contribution in [2.75, 3.05) is 20.7 Å². The van der Waals surface area contributed by atoms with Gasteiger partial charge in [-0.15, -0.1) is 0 Å². The maximum absolute atomic E-state index is 11.7. The second-order valence-corrected chi connectivity index (χ2v) is 5.94. The highest BCUT2D eigenvalue weighted by Crippen LogP contribution is 2.23. The van der Waals surface area contributed by atoms with Gasteiger partial charge in [0.15, 0.2) is 0 Å². The third kappa shape index (κ3) is 4.51. The molecule has 0 radical (unpaired) electrons. The lowest BCUT2D eigenvalue weighted by molar-refractivity contribution is -0.128. The molecule has 1 aromatic carbocycles. The summed E-state index contributed by atoms with van der Waals surface area (Å²) in [7, 11) is 3.31. The van der Waals surface area contributed by atoms with Gasteiger partial charge in [0, 0.05) is 30.2 Å². The Hall–Kier alpha value is -1.07. The highest BCUT2D eigenvalue weighted by molar-refractivity contribution is 9.10. The van der Waals surface area contributed by atoms with Crippen molar-refractivity contribution in [3.05, 3.63) is 28.2 Å². The van der Waals surface area contributed by atoms with Crippen LogP contribution in [0, 0.1) is 5.41 Å². The molecule has 0 aliphatic rings. The molecular formula is C14H21BrN2O2. The first kappa shape index (κ1) is 16.0. The zero-order valence-electron chi connectivity index (χ0n) is 11.8. The Morgan fingerprint density at radius 1 is 1.42 bits per heavy atom. The van der Waals surface area contributed by atoms with Gasteiger partial charge in [0.25, 0.3) is 0 Å². The van der Waals surface area contributed by atoms with Gasteiger partial charge in [0.2, 0.25) is 5.91 Å². The van der Waals surface area contributed by atoms with E-state index in [1.54, 1.807) is 14.2 Å². The second kappa shape index (κ2) is 6.91. The quantitative estimate of drug-likeness (QED) is 0.842. The number of carbonyl (C=O) groups excluding carboxylic acids is 1. The molecule has 1 rings (SSSR count). The van der Waals surface area contributed by atoms with E-state index in [0.717, 1.165) is 15.8 Å². The summed E-state index contributed by atoms with van der Waals surface area (Å²) < 4.78 is 6.32. The van der Waals surface area contributed by atoms with Gasteiger partial charge in [-0.2, -0.15) is 0 Å². The van der Waals surface area contributed by atoms with Gasteiger partial charge in [0.1, 0.15) is 5.75 Å². The van der Waals surface area contributed by atoms with Gasteiger partial charge >= 0.3 is 0 Å². The maximum Gasteiger partial charge on any atom is 0.226 e. The Bertz CT molecular complexity index is 447. The van der Waals surface area contributed by atoms with E-state index in [9.17, 15) is 4.79 Å². The van der Waals surface area contributed by atoms with Gasteiger partial charge in [-0.1, -0.05) is 15.9 Å². The summed E-state index contributed by atoms with van der Waals surface area (Å²) >= 11 is 3.44. The fraction of sp³-hybridized carbons (Fsp3) is 0.500. The molecule has 0 saturated heterocycles. The van der Waals surface area contributed by atoms with E-state index >= 15 is 0 Å². The number of hydrogen-bond donors (Lipinski definition) is 2. The molecule has 4 nitrogen and oxygen atoms in total. The fourth-order valence-electron chi connectivity index (χ4n) is 1.81. The molecule has 5 heteroatoms. The lowest BCUT2D eigenvalue weighted by Gasteiger charge is -2.23. The van der Waals surface area contributed by atoms with Gasteiger partial charge in [-0.3, -0.25) is 4.79 Å². The van der Waals surface area contributed by atoms with Crippen LogP contribution in [0.25, 0.3) is 0 Å². The Morgan fingerprint density at radius 2 is 2.11 bits per heavy atom. The van der Waals surface area contributed by atoms with Crippen molar-refractivity contribution in [1.82, 2.24) is 10.6 Å². The third-order valence-electron chi connectivity index (χ3n) is 2.97. The maximum atomic E-state index is 11.7. The van der Waals surface area contributed by atoms with Gasteiger partial charge in [-0.05, 0) is 32.0 Å². The molecule has 0 saturated carbocycles. The Kier molecular flexibility index (Phi) is 5.82. The molecule has 0 bridgehead atoms. The highest BCUT2D eigenvalue weighted by atomic mass is 79.9. The first-order valence-electron chi connectivity index (χ1n) is 6.16. The molecule has 2 N–H and O–H groups in total. The molecule has 0 aliphatic carbocycles. The SMILES string of the molecule is CNC(=O)C(C)(C)CNCc1cc(Br)ccc1OC. The Labute approximate surface area is 123 Å². The minimum absolute atomic E-state index is 0.0289. The first-order chi connectivity index (χ1) is 8.90. The predicted molar refractivity (Wildman–Crippen MR) is 80.2 cm³/mol. The van der Waals surface area contributed by atoms with Crippen molar-refractivity contribution < 1.29 is 9.53 Å². The van der Waals surface area contributed by atoms with Gasteiger partial charge in [-0.25, -0.2) is 0 Å². The van der Waals surface area contributed by atoms with Crippen LogP contribution in [0.5, 0.6) is 5.75 Å². The first-order valence-corrected chi connectivity index (χ1v) is 6.95. The minimum atomic E-state index is -0.437. The van der Waals surface area contributed by atoms with Crippen molar-refractivity contribution in [2.24, 2.45) is 5.41 Å². The monoisotopic (exact) mass is 328 g/mol. The van der Waals surface area contributed by atoms with Crippen molar-refractivity contribution >= 4 is 21.8 Å². The molecule has 1 aromatic rings. The van der Waals surface area contributed by atoms with E-state index < -0.39 is 5.41 Å². The van der Waals surface area contributed by atoms with Crippen LogP contribution in [0.4, 0.5) is 0 Å². The third-order valence-corrected chi connectivity index (χ3v) is 3.46. The summed E-state index contributed by atoms with van der Waals surface area (Å²) in [6.45, 7) is 5.08. The lowest BCUT2D eigenvalue weighted by Crippen LogP contribution is -2.41. The summed E-state index contributed by atoms with van der Waals surface area (Å²) in [5.41, 5.74) is 0.623. The number of hydrogen-bond acceptors (Lipinski definition) is 3. The largest absolute Gasteiger partial charge is 0.496 e. The number of carbonyl (C=O) groups is 1. The van der Waals surface area contributed by atoms with Crippen LogP contribution in [-0.2, 0) is 11.3 Å². The summed E-state index contributed by atoms with van der Waals surface area (Å²) in [6.07, 6.45) is 0. The molecule has 19 heavy (non-hydrogen) atoms. The number of nitrogens with one attached hydrogen (secondary N) is 2. The van der Waals surface area contributed by atoms with Crippen molar-refractivity contribution in [3.8, 4) is 5.75 Å². The van der Waals surface area contributed by atoms with Crippen LogP contribution < -0.4 is 15.4 Å². The molecule has 0 unspecified atom stereocenters. The number of methoxy groups -OCH3 is 1. The fourth-order valence-corrected chi connectivity index (χ4v) is 2.22. The minimum Gasteiger partial charge on any atom is -0.496 e. The molecule has 0 spiro atoms. The van der Waals surface area contributed by atoms with Crippen LogP contribution >= 0.6 is 15.9 Å². The van der Waals surface area contributed by atoms with Crippen LogP contribution in [0.2, 0.25) is 0 Å². The Morgan fingerprint density at radius 3 is 2.68 bits per heavy atom. The molecule has 0 heterocycles. The zero-order chi connectivity index (χ0) is 14.5. The molecule has 1 amide bonds. The average Bonchev–Trinajstić information content (AvgIpc) is 2.37. The van der Waals surface area contributed by atoms with E-state index in [4.69, 9.17) is 4.74 Å². The van der Waals surface area contributed by atoms with Crippen molar-refractivity contribution in [2.45, 2.75) is 20.4 Å². The van der Waals surface area contributed by atoms with Crippen LogP contribution in [0.3, 0.4) is 0 Å². The standard InChI is InChI=1S/C14H21BrN2O2/c1-14(2,13(18)16-3)9-17-8-10-7-11(15)5-6-12(10)19-4/h5-7,17H,8-9H2,1-4H3,(H,16,18). The summed E-state index contributed by atoms with van der Waals surface area (Å²) in [5.74, 6) is 0.870. The average molecular weight is 329 g/mol. The Balaban J connectivity index is 2.63. The predicted octanol–water partition coefficient (Wildman–Crippen LogP) is 2.32. The smallest absolute Gasteiger partial charge is 0.226 e. The molecule has 0 aliphatic heterocycles. The van der Waals surface area contributed by atoms with Crippen molar-refractivity contribution in [1.29, 1.82) is 0 Å². The number of rotatable bonds is 6. The molecule has 0 aromatic heterocycles. The number of benzene rings is 1. The summed E-state index contributed by atoms with van der Waals surface area (Å²) in [4.78, 5) is 11.7. The topological polar surface area (TPSA) is 50.4 Å². The number of amides is 1. The van der Waals surface area contributed by atoms with E-state index in [1.165, 1.54) is 0 Å². The van der Waals surface area contributed by atoms with Crippen LogP contribution in [0.15, 0.2) is 22.7 Å². The number of halogens is 1. The van der Waals surface area contributed by atoms with E-state index in [-0.39, 0.29) is 5.91 Å². The van der Waals surface area contributed by atoms with Crippen LogP contribution in [0.1, 0.15) is 19.4 Å². The van der Waals surface area contributed by atoms with Crippen molar-refractivity contribution in [3.63, 3.8) is 0 Å². The van der Waals surface area contributed by atoms with Crippen LogP contribution in [-0.4, -0.2) is 26.6 Å². The van der Waals surface area contributed by atoms with E-state index in [2.05, 4.69) is 26.6 Å². The highest BCUT2D eigenvalue weighted by Gasteiger charge is 2.25. The molecule has 0 atom stereocenters. The molecule has 106 valence electrons. The molecular weight excluding hydrogens is 308 g/mol. The van der Waals surface area contributed by atoms with E-state index in [0.29, 0.717) is 13.1 Å². The number of ether oxygens (including phenoxy) is 1. The molecule has 0 fully saturated rings. The zero-order valence-corrected chi connectivity index (χ0v) is 13.4. The normalized spacial score (nSPS) is 11.2. The van der Waals surface area contributed by atoms with E-state index in [1.807, 2.05) is 32.0 Å².